The number of carbonyl (C=O) groups is 1. The first-order valence-electron chi connectivity index (χ1n) is 11.2. The summed E-state index contributed by atoms with van der Waals surface area (Å²) < 4.78 is 0. The first kappa shape index (κ1) is 19.1. The Balaban J connectivity index is 1.75. The normalized spacial score (nSPS) is 48.4. The van der Waals surface area contributed by atoms with Crippen molar-refractivity contribution >= 4 is 5.78 Å². The quantitative estimate of drug-likeness (QED) is 0.696. The average Bonchev–Trinajstić information content (AvgIpc) is 3.57. The van der Waals surface area contributed by atoms with Crippen LogP contribution in [0.5, 0.6) is 0 Å². The molecule has 0 aromatic rings. The topological polar surface area (TPSA) is 57.5 Å². The fourth-order valence-corrected chi connectivity index (χ4v) is 7.93. The highest BCUT2D eigenvalue weighted by Gasteiger charge is 2.74. The van der Waals surface area contributed by atoms with Gasteiger partial charge in [0.2, 0.25) is 0 Å². The predicted octanol–water partition coefficient (Wildman–Crippen LogP) is 4.58. The van der Waals surface area contributed by atoms with Gasteiger partial charge in [0.15, 0.2) is 5.78 Å². The van der Waals surface area contributed by atoms with Gasteiger partial charge >= 0.3 is 0 Å². The lowest BCUT2D eigenvalue weighted by atomic mass is 9.42. The SMILES string of the molecule is C=C1C2=C(C)CCC1(C)CC1C(C)(CO)C3(CC3)C[C@H](O)[C@@]1(C)C(=O)C21CC1. The second-order valence-corrected chi connectivity index (χ2v) is 11.7. The molecule has 3 nitrogen and oxygen atoms in total. The Bertz CT molecular complexity index is 814. The van der Waals surface area contributed by atoms with Crippen molar-refractivity contribution in [2.45, 2.75) is 85.2 Å². The summed E-state index contributed by atoms with van der Waals surface area (Å²) in [7, 11) is 0. The third-order valence-electron chi connectivity index (χ3n) is 10.5. The summed E-state index contributed by atoms with van der Waals surface area (Å²) >= 11 is 0. The van der Waals surface area contributed by atoms with Crippen LogP contribution in [0, 0.1) is 33.0 Å². The van der Waals surface area contributed by atoms with Crippen LogP contribution in [0.15, 0.2) is 23.3 Å². The van der Waals surface area contributed by atoms with Gasteiger partial charge in [-0.05, 0) is 93.1 Å². The smallest absolute Gasteiger partial charge is 0.152 e. The van der Waals surface area contributed by atoms with E-state index < -0.39 is 16.9 Å². The standard InChI is InChI=1S/C25H36O3/c1-15-6-7-21(3)12-17-22(4,14-26)24(8-9-24)13-18(27)23(17,5)20(28)25(10-11-25)19(15)16(21)2/h17-18,26-27H,2,6-14H2,1,3-5H3/t17?,18-,21?,22?,23-/m0/s1. The van der Waals surface area contributed by atoms with Crippen molar-refractivity contribution in [2.75, 3.05) is 6.61 Å². The van der Waals surface area contributed by atoms with E-state index in [1.54, 1.807) is 0 Å². The van der Waals surface area contributed by atoms with E-state index in [0.717, 1.165) is 44.9 Å². The summed E-state index contributed by atoms with van der Waals surface area (Å²) in [6.45, 7) is 13.4. The number of carbonyl (C=O) groups excluding carboxylic acids is 1. The van der Waals surface area contributed by atoms with E-state index in [0.29, 0.717) is 6.42 Å². The first-order chi connectivity index (χ1) is 13.0. The molecule has 0 aromatic heterocycles. The van der Waals surface area contributed by atoms with Gasteiger partial charge in [0.05, 0.1) is 16.9 Å². The van der Waals surface area contributed by atoms with Crippen LogP contribution in [0.1, 0.15) is 79.1 Å². The Morgan fingerprint density at radius 3 is 2.25 bits per heavy atom. The minimum atomic E-state index is -0.785. The maximum Gasteiger partial charge on any atom is 0.152 e. The second-order valence-electron chi connectivity index (χ2n) is 11.7. The van der Waals surface area contributed by atoms with E-state index in [9.17, 15) is 15.0 Å². The Morgan fingerprint density at radius 2 is 1.71 bits per heavy atom. The fraction of sp³-hybridized carbons (Fsp3) is 0.800. The molecular weight excluding hydrogens is 348 g/mol. The Labute approximate surface area is 169 Å². The van der Waals surface area contributed by atoms with Crippen molar-refractivity contribution in [3.8, 4) is 0 Å². The van der Waals surface area contributed by atoms with Gasteiger partial charge in [-0.3, -0.25) is 4.79 Å². The largest absolute Gasteiger partial charge is 0.396 e. The predicted molar refractivity (Wildman–Crippen MR) is 110 cm³/mol. The molecule has 0 saturated heterocycles. The first-order valence-corrected chi connectivity index (χ1v) is 11.2. The Morgan fingerprint density at radius 1 is 1.07 bits per heavy atom. The molecule has 2 spiro atoms. The molecule has 0 amide bonds. The zero-order chi connectivity index (χ0) is 20.3. The maximum atomic E-state index is 14.3. The van der Waals surface area contributed by atoms with Crippen molar-refractivity contribution in [3.05, 3.63) is 23.3 Å². The summed E-state index contributed by atoms with van der Waals surface area (Å²) in [5.41, 5.74) is 2.16. The number of ketones is 1. The number of allylic oxidation sites excluding steroid dienone is 3. The van der Waals surface area contributed by atoms with Gasteiger partial charge in [-0.2, -0.15) is 0 Å². The molecule has 5 atom stereocenters. The van der Waals surface area contributed by atoms with Crippen molar-refractivity contribution < 1.29 is 15.0 Å². The minimum Gasteiger partial charge on any atom is -0.396 e. The number of aliphatic hydroxyl groups excluding tert-OH is 2. The molecule has 3 heteroatoms. The van der Waals surface area contributed by atoms with E-state index in [2.05, 4.69) is 27.4 Å². The summed E-state index contributed by atoms with van der Waals surface area (Å²) in [4.78, 5) is 14.3. The van der Waals surface area contributed by atoms with Crippen molar-refractivity contribution in [2.24, 2.45) is 33.0 Å². The van der Waals surface area contributed by atoms with Crippen LogP contribution in [0.25, 0.3) is 0 Å². The molecule has 2 N–H and O–H groups in total. The highest BCUT2D eigenvalue weighted by atomic mass is 16.3. The van der Waals surface area contributed by atoms with Gasteiger partial charge in [0, 0.05) is 12.0 Å². The van der Waals surface area contributed by atoms with Gasteiger partial charge < -0.3 is 10.2 Å². The highest BCUT2D eigenvalue weighted by molar-refractivity contribution is 5.97. The molecule has 0 aliphatic heterocycles. The molecular formula is C25H36O3. The zero-order valence-electron chi connectivity index (χ0n) is 18.0. The van der Waals surface area contributed by atoms with E-state index in [-0.39, 0.29) is 34.6 Å². The molecule has 0 aromatic carbocycles. The molecule has 0 heterocycles. The third kappa shape index (κ3) is 1.92. The highest BCUT2D eigenvalue weighted by Crippen LogP contribution is 2.76. The number of hydrogen-bond acceptors (Lipinski definition) is 3. The molecule has 4 fully saturated rings. The van der Waals surface area contributed by atoms with Gasteiger partial charge in [-0.25, -0.2) is 0 Å². The second kappa shape index (κ2) is 5.21. The van der Waals surface area contributed by atoms with Gasteiger partial charge in [-0.15, -0.1) is 0 Å². The molecule has 5 rings (SSSR count). The van der Waals surface area contributed by atoms with Gasteiger partial charge in [0.1, 0.15) is 0 Å². The number of hydrogen-bond donors (Lipinski definition) is 2. The van der Waals surface area contributed by atoms with E-state index in [1.807, 2.05) is 6.92 Å². The van der Waals surface area contributed by atoms with Gasteiger partial charge in [0.25, 0.3) is 0 Å². The van der Waals surface area contributed by atoms with Crippen molar-refractivity contribution in [3.63, 3.8) is 0 Å². The number of fused-ring (bicyclic) bond motifs is 4. The number of rotatable bonds is 1. The van der Waals surface area contributed by atoms with Gasteiger partial charge in [-0.1, -0.05) is 26.0 Å². The van der Waals surface area contributed by atoms with E-state index in [1.165, 1.54) is 16.7 Å². The van der Waals surface area contributed by atoms with Crippen LogP contribution in [0.4, 0.5) is 0 Å². The fourth-order valence-electron chi connectivity index (χ4n) is 7.93. The summed E-state index contributed by atoms with van der Waals surface area (Å²) in [6.07, 6.45) is 6.90. The van der Waals surface area contributed by atoms with Crippen LogP contribution in [-0.4, -0.2) is 28.7 Å². The molecule has 28 heavy (non-hydrogen) atoms. The van der Waals surface area contributed by atoms with E-state index in [4.69, 9.17) is 0 Å². The minimum absolute atomic E-state index is 0.00246. The summed E-state index contributed by atoms with van der Waals surface area (Å²) in [5, 5.41) is 22.1. The number of aliphatic hydroxyl groups is 2. The average molecular weight is 385 g/mol. The zero-order valence-corrected chi connectivity index (χ0v) is 18.0. The van der Waals surface area contributed by atoms with Crippen molar-refractivity contribution in [1.82, 2.24) is 0 Å². The van der Waals surface area contributed by atoms with Crippen LogP contribution < -0.4 is 0 Å². The summed E-state index contributed by atoms with van der Waals surface area (Å²) in [6, 6.07) is 0. The number of Topliss-reactive ketones (excluding diaryl/α,β-unsaturated/α-hetero) is 1. The molecule has 154 valence electrons. The Hall–Kier alpha value is -0.930. The van der Waals surface area contributed by atoms with Crippen LogP contribution in [0.3, 0.4) is 0 Å². The molecule has 3 unspecified atom stereocenters. The lowest BCUT2D eigenvalue weighted by Gasteiger charge is -2.62. The lowest BCUT2D eigenvalue weighted by Crippen LogP contribution is -2.64. The molecule has 2 bridgehead atoms. The van der Waals surface area contributed by atoms with Crippen LogP contribution >= 0.6 is 0 Å². The molecule has 5 aliphatic rings. The molecule has 5 aliphatic carbocycles. The van der Waals surface area contributed by atoms with Crippen molar-refractivity contribution in [1.29, 1.82) is 0 Å². The lowest BCUT2D eigenvalue weighted by molar-refractivity contribution is -0.188. The molecule has 0 radical (unpaired) electrons. The maximum absolute atomic E-state index is 14.3. The Kier molecular flexibility index (Phi) is 3.55. The third-order valence-corrected chi connectivity index (χ3v) is 10.5. The summed E-state index contributed by atoms with van der Waals surface area (Å²) in [5.74, 6) is 0.232. The van der Waals surface area contributed by atoms with Crippen LogP contribution in [0.2, 0.25) is 0 Å². The van der Waals surface area contributed by atoms with Crippen LogP contribution in [-0.2, 0) is 4.79 Å². The molecule has 4 saturated carbocycles. The van der Waals surface area contributed by atoms with E-state index >= 15 is 0 Å². The monoisotopic (exact) mass is 384 g/mol.